The Bertz CT molecular complexity index is 471. The van der Waals surface area contributed by atoms with E-state index in [1.807, 2.05) is 0 Å². The number of carbonyl (C=O) groups excluding carboxylic acids is 2. The van der Waals surface area contributed by atoms with Crippen LogP contribution in [0.15, 0.2) is 18.2 Å². The Labute approximate surface area is 114 Å². The molecule has 5 N–H and O–H groups in total. The topological polar surface area (TPSA) is 98.2 Å². The molecular weight excluding hydrogens is 280 g/mol. The van der Waals surface area contributed by atoms with Crippen LogP contribution in [0.4, 0.5) is 8.78 Å². The van der Waals surface area contributed by atoms with Crippen LogP contribution in [0.1, 0.15) is 12.0 Å². The SMILES string of the molecule is Cl.NC(=O)CC(N)C(=O)NCc1cc(F)ccc1F. The molecule has 5 nitrogen and oxygen atoms in total. The van der Waals surface area contributed by atoms with E-state index in [4.69, 9.17) is 11.5 Å². The summed E-state index contributed by atoms with van der Waals surface area (Å²) in [4.78, 5) is 21.9. The van der Waals surface area contributed by atoms with Crippen molar-refractivity contribution in [2.45, 2.75) is 19.0 Å². The van der Waals surface area contributed by atoms with Gasteiger partial charge in [-0.15, -0.1) is 12.4 Å². The highest BCUT2D eigenvalue weighted by Gasteiger charge is 2.16. The molecular formula is C11H14ClF2N3O2. The first kappa shape index (κ1) is 17.3. The Balaban J connectivity index is 0.00000324. The molecule has 0 bridgehead atoms. The lowest BCUT2D eigenvalue weighted by Gasteiger charge is -2.11. The monoisotopic (exact) mass is 293 g/mol. The van der Waals surface area contributed by atoms with Gasteiger partial charge in [-0.25, -0.2) is 8.78 Å². The van der Waals surface area contributed by atoms with Gasteiger partial charge in [0.25, 0.3) is 0 Å². The fourth-order valence-corrected chi connectivity index (χ4v) is 1.30. The zero-order valence-electron chi connectivity index (χ0n) is 9.86. The molecule has 1 aromatic rings. The van der Waals surface area contributed by atoms with Crippen LogP contribution in [0.3, 0.4) is 0 Å². The maximum absolute atomic E-state index is 13.2. The van der Waals surface area contributed by atoms with Crippen molar-refractivity contribution in [1.29, 1.82) is 0 Å². The highest BCUT2D eigenvalue weighted by atomic mass is 35.5. The fraction of sp³-hybridized carbons (Fsp3) is 0.273. The van der Waals surface area contributed by atoms with E-state index in [2.05, 4.69) is 5.32 Å². The van der Waals surface area contributed by atoms with Crippen LogP contribution < -0.4 is 16.8 Å². The first-order chi connectivity index (χ1) is 8.40. The number of carbonyl (C=O) groups is 2. The number of nitrogens with one attached hydrogen (secondary N) is 1. The first-order valence-corrected chi connectivity index (χ1v) is 5.15. The maximum atomic E-state index is 13.2. The van der Waals surface area contributed by atoms with Crippen molar-refractivity contribution >= 4 is 24.2 Å². The Morgan fingerprint density at radius 3 is 2.53 bits per heavy atom. The van der Waals surface area contributed by atoms with Crippen molar-refractivity contribution < 1.29 is 18.4 Å². The second-order valence-corrected chi connectivity index (χ2v) is 3.73. The summed E-state index contributed by atoms with van der Waals surface area (Å²) >= 11 is 0. The van der Waals surface area contributed by atoms with E-state index in [9.17, 15) is 18.4 Å². The normalized spacial score (nSPS) is 11.3. The summed E-state index contributed by atoms with van der Waals surface area (Å²) in [5.74, 6) is -2.62. The lowest BCUT2D eigenvalue weighted by Crippen LogP contribution is -2.42. The van der Waals surface area contributed by atoms with Crippen molar-refractivity contribution in [1.82, 2.24) is 5.32 Å². The van der Waals surface area contributed by atoms with E-state index in [0.717, 1.165) is 18.2 Å². The van der Waals surface area contributed by atoms with Crippen LogP contribution in [0, 0.1) is 11.6 Å². The average molecular weight is 294 g/mol. The molecule has 0 fully saturated rings. The molecule has 1 aromatic carbocycles. The van der Waals surface area contributed by atoms with Gasteiger partial charge in [0.05, 0.1) is 12.5 Å². The van der Waals surface area contributed by atoms with Gasteiger partial charge in [0.1, 0.15) is 11.6 Å². The maximum Gasteiger partial charge on any atom is 0.237 e. The number of primary amides is 1. The zero-order valence-corrected chi connectivity index (χ0v) is 10.7. The third-order valence-electron chi connectivity index (χ3n) is 2.22. The van der Waals surface area contributed by atoms with E-state index in [-0.39, 0.29) is 30.9 Å². The summed E-state index contributed by atoms with van der Waals surface area (Å²) in [6, 6.07) is 1.80. The van der Waals surface area contributed by atoms with Gasteiger partial charge in [-0.1, -0.05) is 0 Å². The van der Waals surface area contributed by atoms with Gasteiger partial charge in [-0.05, 0) is 18.2 Å². The van der Waals surface area contributed by atoms with Crippen molar-refractivity contribution in [3.05, 3.63) is 35.4 Å². The number of rotatable bonds is 5. The van der Waals surface area contributed by atoms with Gasteiger partial charge >= 0.3 is 0 Å². The Morgan fingerprint density at radius 2 is 1.95 bits per heavy atom. The van der Waals surface area contributed by atoms with E-state index in [1.54, 1.807) is 0 Å². The van der Waals surface area contributed by atoms with Gasteiger partial charge < -0.3 is 16.8 Å². The summed E-state index contributed by atoms with van der Waals surface area (Å²) in [7, 11) is 0. The molecule has 0 spiro atoms. The molecule has 1 unspecified atom stereocenters. The molecule has 106 valence electrons. The summed E-state index contributed by atoms with van der Waals surface area (Å²) in [6.45, 7) is -0.213. The third kappa shape index (κ3) is 5.62. The standard InChI is InChI=1S/C11H13F2N3O2.ClH/c12-7-1-2-8(13)6(3-7)5-16-11(18)9(14)4-10(15)17;/h1-3,9H,4-5,14H2,(H2,15,17)(H,16,18);1H. The molecule has 0 aliphatic carbocycles. The second kappa shape index (κ2) is 7.65. The van der Waals surface area contributed by atoms with Crippen LogP contribution in [0.25, 0.3) is 0 Å². The minimum atomic E-state index is -1.10. The van der Waals surface area contributed by atoms with Gasteiger partial charge in [-0.3, -0.25) is 9.59 Å². The van der Waals surface area contributed by atoms with E-state index in [1.165, 1.54) is 0 Å². The van der Waals surface area contributed by atoms with Crippen molar-refractivity contribution in [2.24, 2.45) is 11.5 Å². The number of hydrogen-bond donors (Lipinski definition) is 3. The molecule has 0 radical (unpaired) electrons. The zero-order chi connectivity index (χ0) is 13.7. The minimum absolute atomic E-state index is 0. The summed E-state index contributed by atoms with van der Waals surface area (Å²) in [6.07, 6.45) is -0.308. The Morgan fingerprint density at radius 1 is 1.32 bits per heavy atom. The van der Waals surface area contributed by atoms with Crippen molar-refractivity contribution in [2.75, 3.05) is 0 Å². The van der Waals surface area contributed by atoms with Crippen LogP contribution in [-0.4, -0.2) is 17.9 Å². The molecule has 0 aromatic heterocycles. The van der Waals surface area contributed by atoms with Gasteiger partial charge in [0.2, 0.25) is 11.8 Å². The Kier molecular flexibility index (Phi) is 6.95. The number of amides is 2. The van der Waals surface area contributed by atoms with Crippen LogP contribution >= 0.6 is 12.4 Å². The number of benzene rings is 1. The van der Waals surface area contributed by atoms with Gasteiger partial charge in [0, 0.05) is 12.1 Å². The fourth-order valence-electron chi connectivity index (χ4n) is 1.30. The largest absolute Gasteiger partial charge is 0.370 e. The predicted molar refractivity (Wildman–Crippen MR) is 67.2 cm³/mol. The minimum Gasteiger partial charge on any atom is -0.370 e. The van der Waals surface area contributed by atoms with E-state index in [0.29, 0.717) is 0 Å². The van der Waals surface area contributed by atoms with Crippen LogP contribution in [0.2, 0.25) is 0 Å². The molecule has 0 saturated carbocycles. The second-order valence-electron chi connectivity index (χ2n) is 3.73. The molecule has 8 heteroatoms. The van der Waals surface area contributed by atoms with Crippen LogP contribution in [-0.2, 0) is 16.1 Å². The molecule has 2 amide bonds. The summed E-state index contributed by atoms with van der Waals surface area (Å²) in [5.41, 5.74) is 10.2. The molecule has 0 aliphatic rings. The van der Waals surface area contributed by atoms with Crippen molar-refractivity contribution in [3.63, 3.8) is 0 Å². The van der Waals surface area contributed by atoms with E-state index >= 15 is 0 Å². The predicted octanol–water partition coefficient (Wildman–Crippen LogP) is 0.206. The Hall–Kier alpha value is -1.73. The van der Waals surface area contributed by atoms with Gasteiger partial charge in [0.15, 0.2) is 0 Å². The smallest absolute Gasteiger partial charge is 0.237 e. The third-order valence-corrected chi connectivity index (χ3v) is 2.22. The molecule has 0 saturated heterocycles. The lowest BCUT2D eigenvalue weighted by atomic mass is 10.1. The molecule has 0 aliphatic heterocycles. The van der Waals surface area contributed by atoms with Gasteiger partial charge in [-0.2, -0.15) is 0 Å². The summed E-state index contributed by atoms with van der Waals surface area (Å²) < 4.78 is 26.0. The highest BCUT2D eigenvalue weighted by Crippen LogP contribution is 2.09. The first-order valence-electron chi connectivity index (χ1n) is 5.15. The number of hydrogen-bond acceptors (Lipinski definition) is 3. The van der Waals surface area contributed by atoms with Crippen molar-refractivity contribution in [3.8, 4) is 0 Å². The number of nitrogens with two attached hydrogens (primary N) is 2. The highest BCUT2D eigenvalue weighted by molar-refractivity contribution is 5.87. The molecule has 1 atom stereocenters. The summed E-state index contributed by atoms with van der Waals surface area (Å²) in [5, 5.41) is 2.29. The van der Waals surface area contributed by atoms with E-state index < -0.39 is 29.5 Å². The molecule has 0 heterocycles. The molecule has 19 heavy (non-hydrogen) atoms. The number of halogens is 3. The average Bonchev–Trinajstić information content (AvgIpc) is 2.29. The van der Waals surface area contributed by atoms with Crippen LogP contribution in [0.5, 0.6) is 0 Å². The molecule has 1 rings (SSSR count). The quantitative estimate of drug-likeness (QED) is 0.723. The lowest BCUT2D eigenvalue weighted by molar-refractivity contribution is -0.126.